The van der Waals surface area contributed by atoms with Crippen molar-refractivity contribution in [2.75, 3.05) is 26.3 Å². The second kappa shape index (κ2) is 15.1. The molecule has 0 radical (unpaired) electrons. The van der Waals surface area contributed by atoms with Gasteiger partial charge in [0.05, 0.1) is 26.2 Å². The fraction of sp³-hybridized carbons (Fsp3) is 0.625. The van der Waals surface area contributed by atoms with Gasteiger partial charge in [0.15, 0.2) is 0 Å². The molecule has 0 aromatic carbocycles. The van der Waals surface area contributed by atoms with E-state index in [1.165, 1.54) is 0 Å². The van der Waals surface area contributed by atoms with Crippen LogP contribution in [0.4, 0.5) is 9.59 Å². The van der Waals surface area contributed by atoms with Crippen LogP contribution >= 0.6 is 0 Å². The van der Waals surface area contributed by atoms with E-state index >= 15 is 0 Å². The van der Waals surface area contributed by atoms with Gasteiger partial charge in [-0.15, -0.1) is 5.92 Å². The first kappa shape index (κ1) is 19.7. The lowest BCUT2D eigenvalue weighted by Gasteiger charge is -2.02. The third kappa shape index (κ3) is 14.1. The quantitative estimate of drug-likeness (QED) is 0.557. The summed E-state index contributed by atoms with van der Waals surface area (Å²) in [7, 11) is 0. The van der Waals surface area contributed by atoms with E-state index in [2.05, 4.69) is 34.3 Å². The maximum Gasteiger partial charge on any atom is 0.407 e. The number of carbonyl (C=O) groups is 2. The minimum Gasteiger partial charge on any atom is -0.450 e. The number of rotatable bonds is 7. The van der Waals surface area contributed by atoms with Crippen LogP contribution in [0, 0.1) is 23.7 Å². The van der Waals surface area contributed by atoms with Gasteiger partial charge in [0.25, 0.3) is 0 Å². The molecule has 2 amide bonds. The third-order valence-electron chi connectivity index (χ3n) is 2.14. The molecule has 0 spiro atoms. The van der Waals surface area contributed by atoms with Gasteiger partial charge in [0.1, 0.15) is 0 Å². The Labute approximate surface area is 132 Å². The van der Waals surface area contributed by atoms with Crippen LogP contribution in [0.15, 0.2) is 0 Å². The van der Waals surface area contributed by atoms with E-state index in [-0.39, 0.29) is 6.54 Å². The van der Waals surface area contributed by atoms with E-state index in [4.69, 9.17) is 9.47 Å². The minimum absolute atomic E-state index is 0.245. The van der Waals surface area contributed by atoms with Gasteiger partial charge >= 0.3 is 12.2 Å². The second-order valence-corrected chi connectivity index (χ2v) is 4.19. The predicted molar refractivity (Wildman–Crippen MR) is 84.1 cm³/mol. The zero-order valence-corrected chi connectivity index (χ0v) is 13.3. The number of alkyl carbamates (subject to hydrolysis) is 2. The molecule has 22 heavy (non-hydrogen) atoms. The molecule has 0 bridgehead atoms. The maximum atomic E-state index is 11.1. The highest BCUT2D eigenvalue weighted by molar-refractivity contribution is 5.67. The fourth-order valence-electron chi connectivity index (χ4n) is 1.16. The molecule has 6 heteroatoms. The lowest BCUT2D eigenvalue weighted by atomic mass is 10.3. The molecule has 0 aromatic rings. The molecule has 0 rings (SSSR count). The normalized spacial score (nSPS) is 8.64. The van der Waals surface area contributed by atoms with E-state index in [1.54, 1.807) is 0 Å². The Morgan fingerprint density at radius 3 is 2.09 bits per heavy atom. The Hall–Kier alpha value is -2.34. The van der Waals surface area contributed by atoms with Gasteiger partial charge in [-0.05, 0) is 12.8 Å². The Morgan fingerprint density at radius 2 is 1.45 bits per heavy atom. The van der Waals surface area contributed by atoms with Gasteiger partial charge in [0.2, 0.25) is 0 Å². The van der Waals surface area contributed by atoms with Crippen molar-refractivity contribution in [3.05, 3.63) is 0 Å². The Morgan fingerprint density at radius 1 is 0.864 bits per heavy atom. The van der Waals surface area contributed by atoms with E-state index in [0.29, 0.717) is 32.6 Å². The molecular weight excluding hydrogens is 284 g/mol. The molecule has 0 heterocycles. The smallest absolute Gasteiger partial charge is 0.407 e. The number of hydrogen-bond acceptors (Lipinski definition) is 4. The minimum atomic E-state index is -0.455. The fourth-order valence-corrected chi connectivity index (χ4v) is 1.16. The Kier molecular flexibility index (Phi) is 13.5. The van der Waals surface area contributed by atoms with Crippen molar-refractivity contribution in [1.82, 2.24) is 10.6 Å². The summed E-state index contributed by atoms with van der Waals surface area (Å²) >= 11 is 0. The van der Waals surface area contributed by atoms with Crippen LogP contribution in [0.2, 0.25) is 0 Å². The van der Waals surface area contributed by atoms with Gasteiger partial charge in [-0.3, -0.25) is 0 Å². The average Bonchev–Trinajstić information content (AvgIpc) is 2.52. The summed E-state index contributed by atoms with van der Waals surface area (Å²) in [4.78, 5) is 22.1. The van der Waals surface area contributed by atoms with Crippen LogP contribution in [0.3, 0.4) is 0 Å². The van der Waals surface area contributed by atoms with Gasteiger partial charge < -0.3 is 20.1 Å². The highest BCUT2D eigenvalue weighted by Crippen LogP contribution is 1.83. The zero-order valence-electron chi connectivity index (χ0n) is 13.3. The van der Waals surface area contributed by atoms with Crippen molar-refractivity contribution in [2.45, 2.75) is 39.5 Å². The SMILES string of the molecule is CCCOC(=O)NCC#CCC#CCCNC(=O)OCCC. The van der Waals surface area contributed by atoms with Crippen LogP contribution in [-0.2, 0) is 9.47 Å². The molecule has 0 saturated heterocycles. The third-order valence-corrected chi connectivity index (χ3v) is 2.14. The Balaban J connectivity index is 3.55. The number of carbonyl (C=O) groups excluding carboxylic acids is 2. The van der Waals surface area contributed by atoms with Crippen LogP contribution in [0.1, 0.15) is 39.5 Å². The van der Waals surface area contributed by atoms with Crippen LogP contribution < -0.4 is 10.6 Å². The summed E-state index contributed by atoms with van der Waals surface area (Å²) in [5, 5.41) is 5.11. The van der Waals surface area contributed by atoms with Crippen LogP contribution in [0.5, 0.6) is 0 Å². The monoisotopic (exact) mass is 308 g/mol. The summed E-state index contributed by atoms with van der Waals surface area (Å²) in [6, 6.07) is 0. The summed E-state index contributed by atoms with van der Waals surface area (Å²) in [6.45, 7) is 5.39. The van der Waals surface area contributed by atoms with Crippen molar-refractivity contribution < 1.29 is 19.1 Å². The van der Waals surface area contributed by atoms with Gasteiger partial charge in [-0.25, -0.2) is 9.59 Å². The second-order valence-electron chi connectivity index (χ2n) is 4.19. The van der Waals surface area contributed by atoms with E-state index in [1.807, 2.05) is 13.8 Å². The van der Waals surface area contributed by atoms with Crippen molar-refractivity contribution in [3.63, 3.8) is 0 Å². The topological polar surface area (TPSA) is 76.7 Å². The molecule has 0 aliphatic heterocycles. The van der Waals surface area contributed by atoms with Gasteiger partial charge in [0, 0.05) is 13.0 Å². The highest BCUT2D eigenvalue weighted by atomic mass is 16.6. The van der Waals surface area contributed by atoms with Crippen molar-refractivity contribution >= 4 is 12.2 Å². The van der Waals surface area contributed by atoms with Crippen molar-refractivity contribution in [2.24, 2.45) is 0 Å². The highest BCUT2D eigenvalue weighted by Gasteiger charge is 1.97. The summed E-state index contributed by atoms with van der Waals surface area (Å²) in [6.07, 6.45) is 1.70. The largest absolute Gasteiger partial charge is 0.450 e. The first-order chi connectivity index (χ1) is 10.7. The van der Waals surface area contributed by atoms with Crippen molar-refractivity contribution in [1.29, 1.82) is 0 Å². The molecule has 0 aromatic heterocycles. The van der Waals surface area contributed by atoms with Crippen LogP contribution in [0.25, 0.3) is 0 Å². The standard InChI is InChI=1S/C16H24N2O4/c1-3-13-21-15(19)17-11-9-7-5-6-8-10-12-18-16(20)22-14-4-2/h3-5,10-14H2,1-2H3,(H,17,19)(H,18,20). The number of nitrogens with one attached hydrogen (secondary N) is 2. The molecule has 0 atom stereocenters. The van der Waals surface area contributed by atoms with Crippen molar-refractivity contribution in [3.8, 4) is 23.7 Å². The van der Waals surface area contributed by atoms with Gasteiger partial charge in [-0.2, -0.15) is 0 Å². The van der Waals surface area contributed by atoms with Crippen LogP contribution in [-0.4, -0.2) is 38.5 Å². The molecule has 0 unspecified atom stereocenters. The molecule has 0 aliphatic rings. The molecule has 2 N–H and O–H groups in total. The number of ether oxygens (including phenoxy) is 2. The summed E-state index contributed by atoms with van der Waals surface area (Å²) in [5.41, 5.74) is 0. The van der Waals surface area contributed by atoms with E-state index in [0.717, 1.165) is 12.8 Å². The molecule has 0 aliphatic carbocycles. The lowest BCUT2D eigenvalue weighted by Crippen LogP contribution is -2.25. The Bertz CT molecular complexity index is 441. The zero-order chi connectivity index (χ0) is 16.5. The molecule has 122 valence electrons. The maximum absolute atomic E-state index is 11.1. The molecule has 0 saturated carbocycles. The summed E-state index contributed by atoms with van der Waals surface area (Å²) in [5.74, 6) is 11.3. The number of amides is 2. The number of hydrogen-bond donors (Lipinski definition) is 2. The average molecular weight is 308 g/mol. The predicted octanol–water partition coefficient (Wildman–Crippen LogP) is 2.05. The first-order valence-corrected chi connectivity index (χ1v) is 7.43. The molecular formula is C16H24N2O4. The molecule has 0 fully saturated rings. The lowest BCUT2D eigenvalue weighted by molar-refractivity contribution is 0.146. The van der Waals surface area contributed by atoms with E-state index in [9.17, 15) is 9.59 Å². The van der Waals surface area contributed by atoms with Gasteiger partial charge in [-0.1, -0.05) is 31.6 Å². The molecule has 6 nitrogen and oxygen atoms in total. The van der Waals surface area contributed by atoms with E-state index < -0.39 is 12.2 Å². The first-order valence-electron chi connectivity index (χ1n) is 7.43. The summed E-state index contributed by atoms with van der Waals surface area (Å²) < 4.78 is 9.66.